The number of halogens is 5. The second-order valence-electron chi connectivity index (χ2n) is 8.20. The summed E-state index contributed by atoms with van der Waals surface area (Å²) in [5.74, 6) is -1.30. The van der Waals surface area contributed by atoms with Gasteiger partial charge in [0.05, 0.1) is 26.8 Å². The zero-order valence-electron chi connectivity index (χ0n) is 17.3. The Morgan fingerprint density at radius 3 is 2.56 bits per heavy atom. The van der Waals surface area contributed by atoms with Gasteiger partial charge in [-0.05, 0) is 49.6 Å². The third kappa shape index (κ3) is 4.54. The molecule has 0 spiro atoms. The fourth-order valence-electron chi connectivity index (χ4n) is 3.95. The summed E-state index contributed by atoms with van der Waals surface area (Å²) < 4.78 is 67.8. The molecule has 2 fully saturated rings. The number of hydrogen-bond acceptors (Lipinski definition) is 6. The van der Waals surface area contributed by atoms with Gasteiger partial charge in [0.25, 0.3) is 0 Å². The SMILES string of the molecule is N#CC1(NC(=O)[C@@H]2C[C@@H](S(=O)(=O)c3ccc(Cl)cc3Cl)CN2c2ncccc2C(F)(F)F)CC1. The number of benzene rings is 1. The van der Waals surface area contributed by atoms with Gasteiger partial charge in [0.15, 0.2) is 9.84 Å². The van der Waals surface area contributed by atoms with Crippen LogP contribution in [0, 0.1) is 11.3 Å². The quantitative estimate of drug-likeness (QED) is 0.624. The molecule has 0 unspecified atom stereocenters. The number of carbonyl (C=O) groups excluding carboxylic acids is 1. The number of nitriles is 1. The molecule has 1 aliphatic heterocycles. The van der Waals surface area contributed by atoms with Crippen molar-refractivity contribution >= 4 is 44.8 Å². The molecule has 1 aromatic heterocycles. The molecule has 1 aliphatic carbocycles. The van der Waals surface area contributed by atoms with Crippen molar-refractivity contribution in [3.63, 3.8) is 0 Å². The maximum absolute atomic E-state index is 13.7. The Hall–Kier alpha value is -2.55. The summed E-state index contributed by atoms with van der Waals surface area (Å²) in [6, 6.07) is 6.40. The molecule has 2 aliphatic rings. The minimum absolute atomic E-state index is 0.137. The van der Waals surface area contributed by atoms with Crippen LogP contribution in [-0.2, 0) is 20.8 Å². The van der Waals surface area contributed by atoms with Gasteiger partial charge in [-0.3, -0.25) is 4.79 Å². The Kier molecular flexibility index (Phi) is 6.21. The van der Waals surface area contributed by atoms with Crippen LogP contribution in [0.1, 0.15) is 24.8 Å². The van der Waals surface area contributed by atoms with Crippen LogP contribution < -0.4 is 10.2 Å². The molecule has 4 rings (SSSR count). The first-order valence-corrected chi connectivity index (χ1v) is 12.4. The maximum atomic E-state index is 13.7. The van der Waals surface area contributed by atoms with Gasteiger partial charge in [-0.1, -0.05) is 23.2 Å². The number of sulfone groups is 1. The van der Waals surface area contributed by atoms with Gasteiger partial charge in [0, 0.05) is 17.8 Å². The number of amides is 1. The molecular weight excluding hydrogens is 516 g/mol. The summed E-state index contributed by atoms with van der Waals surface area (Å²) in [6.45, 7) is -0.432. The van der Waals surface area contributed by atoms with Crippen molar-refractivity contribution in [2.45, 2.75) is 47.2 Å². The highest BCUT2D eigenvalue weighted by Gasteiger charge is 2.51. The van der Waals surface area contributed by atoms with Crippen molar-refractivity contribution in [2.24, 2.45) is 0 Å². The Balaban J connectivity index is 1.75. The van der Waals surface area contributed by atoms with Crippen LogP contribution in [-0.4, -0.2) is 42.7 Å². The van der Waals surface area contributed by atoms with Crippen molar-refractivity contribution in [3.05, 3.63) is 52.1 Å². The number of hydrogen-bond donors (Lipinski definition) is 1. The summed E-state index contributed by atoms with van der Waals surface area (Å²) in [5.41, 5.74) is -2.19. The summed E-state index contributed by atoms with van der Waals surface area (Å²) >= 11 is 11.9. The molecule has 2 aromatic rings. The fraction of sp³-hybridized carbons (Fsp3) is 0.381. The third-order valence-corrected chi connectivity index (χ3v) is 8.74. The van der Waals surface area contributed by atoms with E-state index in [0.717, 1.165) is 23.2 Å². The van der Waals surface area contributed by atoms with Crippen LogP contribution in [0.4, 0.5) is 19.0 Å². The van der Waals surface area contributed by atoms with Gasteiger partial charge in [-0.25, -0.2) is 13.4 Å². The Labute approximate surface area is 203 Å². The summed E-state index contributed by atoms with van der Waals surface area (Å²) in [6.07, 6.45) is -3.16. The molecule has 2 heterocycles. The van der Waals surface area contributed by atoms with Gasteiger partial charge >= 0.3 is 6.18 Å². The lowest BCUT2D eigenvalue weighted by Gasteiger charge is -2.27. The maximum Gasteiger partial charge on any atom is 0.419 e. The molecule has 1 amide bonds. The van der Waals surface area contributed by atoms with E-state index in [0.29, 0.717) is 12.8 Å². The minimum atomic E-state index is -4.79. The molecule has 0 radical (unpaired) electrons. The van der Waals surface area contributed by atoms with Gasteiger partial charge < -0.3 is 10.2 Å². The van der Waals surface area contributed by atoms with Gasteiger partial charge in [-0.15, -0.1) is 0 Å². The minimum Gasteiger partial charge on any atom is -0.343 e. The van der Waals surface area contributed by atoms with Crippen molar-refractivity contribution < 1.29 is 26.4 Å². The Morgan fingerprint density at radius 1 is 1.26 bits per heavy atom. The second kappa shape index (κ2) is 8.59. The number of aromatic nitrogens is 1. The van der Waals surface area contributed by atoms with Crippen molar-refractivity contribution in [2.75, 3.05) is 11.4 Å². The molecule has 1 saturated heterocycles. The number of anilines is 1. The normalized spacial score (nSPS) is 21.7. The van der Waals surface area contributed by atoms with Crippen LogP contribution >= 0.6 is 23.2 Å². The lowest BCUT2D eigenvalue weighted by atomic mass is 10.1. The average Bonchev–Trinajstić information content (AvgIpc) is 3.38. The van der Waals surface area contributed by atoms with Crippen LogP contribution in [0.5, 0.6) is 0 Å². The largest absolute Gasteiger partial charge is 0.419 e. The van der Waals surface area contributed by atoms with E-state index >= 15 is 0 Å². The zero-order valence-corrected chi connectivity index (χ0v) is 19.6. The summed E-state index contributed by atoms with van der Waals surface area (Å²) in [4.78, 5) is 17.7. The molecule has 0 bridgehead atoms. The molecular formula is C21H17Cl2F3N4O3S. The summed E-state index contributed by atoms with van der Waals surface area (Å²) in [7, 11) is -4.16. The highest BCUT2D eigenvalue weighted by molar-refractivity contribution is 7.92. The monoisotopic (exact) mass is 532 g/mol. The molecule has 1 aromatic carbocycles. The smallest absolute Gasteiger partial charge is 0.343 e. The standard InChI is InChI=1S/C21H17Cl2F3N4O3S/c22-12-3-4-17(15(23)8-12)34(32,33)13-9-16(19(31)29-20(11-27)5-6-20)30(10-13)18-14(21(24,25)26)2-1-7-28-18/h1-4,7-8,13,16H,5-6,9-10H2,(H,29,31)/t13-,16+/m1/s1. The second-order valence-corrected chi connectivity index (χ2v) is 11.2. The topological polar surface area (TPSA) is 103 Å². The third-order valence-electron chi connectivity index (χ3n) is 5.90. The first kappa shape index (κ1) is 24.6. The highest BCUT2D eigenvalue weighted by Crippen LogP contribution is 2.41. The van der Waals surface area contributed by atoms with Crippen LogP contribution in [0.25, 0.3) is 0 Å². The molecule has 2 atom stereocenters. The number of pyridine rings is 1. The van der Waals surface area contributed by atoms with Crippen molar-refractivity contribution in [1.29, 1.82) is 5.26 Å². The average molecular weight is 533 g/mol. The lowest BCUT2D eigenvalue weighted by Crippen LogP contribution is -2.48. The Bertz CT molecular complexity index is 1290. The van der Waals surface area contributed by atoms with E-state index in [1.165, 1.54) is 18.2 Å². The predicted octanol–water partition coefficient (Wildman–Crippen LogP) is 4.00. The number of rotatable bonds is 5. The molecule has 34 heavy (non-hydrogen) atoms. The van der Waals surface area contributed by atoms with Crippen molar-refractivity contribution in [3.8, 4) is 6.07 Å². The van der Waals surface area contributed by atoms with Gasteiger partial charge in [-0.2, -0.15) is 18.4 Å². The van der Waals surface area contributed by atoms with Crippen LogP contribution in [0.2, 0.25) is 10.0 Å². The van der Waals surface area contributed by atoms with E-state index in [-0.39, 0.29) is 21.4 Å². The number of nitrogens with one attached hydrogen (secondary N) is 1. The zero-order chi connectivity index (χ0) is 24.9. The van der Waals surface area contributed by atoms with E-state index in [4.69, 9.17) is 23.2 Å². The molecule has 180 valence electrons. The first-order valence-electron chi connectivity index (χ1n) is 10.1. The van der Waals surface area contributed by atoms with Gasteiger partial charge in [0.1, 0.15) is 17.4 Å². The predicted molar refractivity (Wildman–Crippen MR) is 118 cm³/mol. The first-order chi connectivity index (χ1) is 15.9. The Morgan fingerprint density at radius 2 is 1.97 bits per heavy atom. The molecule has 7 nitrogen and oxygen atoms in total. The number of carbonyl (C=O) groups is 1. The highest BCUT2D eigenvalue weighted by atomic mass is 35.5. The van der Waals surface area contributed by atoms with E-state index in [1.807, 2.05) is 6.07 Å². The lowest BCUT2D eigenvalue weighted by molar-refractivity contribution is -0.137. The number of nitrogens with zero attached hydrogens (tertiary/aromatic N) is 3. The van der Waals surface area contributed by atoms with E-state index in [2.05, 4.69) is 10.3 Å². The van der Waals surface area contributed by atoms with Crippen LogP contribution in [0.3, 0.4) is 0 Å². The van der Waals surface area contributed by atoms with E-state index in [1.54, 1.807) is 0 Å². The molecule has 1 saturated carbocycles. The van der Waals surface area contributed by atoms with Crippen LogP contribution in [0.15, 0.2) is 41.4 Å². The van der Waals surface area contributed by atoms with Crippen molar-refractivity contribution in [1.82, 2.24) is 10.3 Å². The van der Waals surface area contributed by atoms with E-state index < -0.39 is 56.7 Å². The fourth-order valence-corrected chi connectivity index (χ4v) is 6.42. The van der Waals surface area contributed by atoms with Gasteiger partial charge in [0.2, 0.25) is 5.91 Å². The molecule has 1 N–H and O–H groups in total. The summed E-state index contributed by atoms with van der Waals surface area (Å²) in [5, 5.41) is 10.7. The van der Waals surface area contributed by atoms with E-state index in [9.17, 15) is 31.6 Å². The number of alkyl halides is 3. The molecule has 13 heteroatoms.